The monoisotopic (exact) mass is 476 g/mol. The van der Waals surface area contributed by atoms with Crippen LogP contribution in [0.25, 0.3) is 11.1 Å². The highest BCUT2D eigenvalue weighted by Crippen LogP contribution is 2.44. The highest BCUT2D eigenvalue weighted by Gasteiger charge is 2.29. The first-order valence-electron chi connectivity index (χ1n) is 11.5. The molecule has 2 aromatic carbocycles. The lowest BCUT2D eigenvalue weighted by Crippen LogP contribution is -2.34. The SMILES string of the molecule is CCN(CCC(=O)O)C(=O)c1cc(CNC(=O)OCC2c3ccccc3-c3ccccc32)nn1C. The summed E-state index contributed by atoms with van der Waals surface area (Å²) in [5, 5.41) is 15.9. The van der Waals surface area contributed by atoms with E-state index in [0.29, 0.717) is 17.9 Å². The number of carbonyl (C=O) groups excluding carboxylic acids is 2. The van der Waals surface area contributed by atoms with Gasteiger partial charge in [0, 0.05) is 26.1 Å². The highest BCUT2D eigenvalue weighted by atomic mass is 16.5. The maximum Gasteiger partial charge on any atom is 0.407 e. The van der Waals surface area contributed by atoms with Crippen LogP contribution in [-0.2, 0) is 23.1 Å². The van der Waals surface area contributed by atoms with Gasteiger partial charge in [-0.1, -0.05) is 48.5 Å². The fourth-order valence-corrected chi connectivity index (χ4v) is 4.42. The van der Waals surface area contributed by atoms with E-state index >= 15 is 0 Å². The Morgan fingerprint density at radius 3 is 2.31 bits per heavy atom. The van der Waals surface area contributed by atoms with E-state index in [1.54, 1.807) is 20.0 Å². The Balaban J connectivity index is 1.34. The van der Waals surface area contributed by atoms with Crippen molar-refractivity contribution in [3.63, 3.8) is 0 Å². The number of ether oxygens (including phenoxy) is 1. The number of aryl methyl sites for hydroxylation is 1. The molecule has 3 aromatic rings. The van der Waals surface area contributed by atoms with Crippen LogP contribution in [-0.4, -0.2) is 57.5 Å². The number of amides is 2. The molecule has 1 heterocycles. The molecule has 9 heteroatoms. The maximum absolute atomic E-state index is 12.8. The lowest BCUT2D eigenvalue weighted by Gasteiger charge is -2.19. The van der Waals surface area contributed by atoms with E-state index in [1.807, 2.05) is 24.3 Å². The summed E-state index contributed by atoms with van der Waals surface area (Å²) in [5.74, 6) is -1.30. The molecule has 0 unspecified atom stereocenters. The number of aliphatic carboxylic acids is 1. The lowest BCUT2D eigenvalue weighted by atomic mass is 9.98. The molecule has 1 aliphatic rings. The van der Waals surface area contributed by atoms with E-state index in [2.05, 4.69) is 34.7 Å². The molecular formula is C26H28N4O5. The molecule has 0 bridgehead atoms. The number of alkyl carbamates (subject to hydrolysis) is 1. The molecule has 1 aliphatic carbocycles. The van der Waals surface area contributed by atoms with Crippen molar-refractivity contribution in [1.29, 1.82) is 0 Å². The number of benzene rings is 2. The van der Waals surface area contributed by atoms with Crippen molar-refractivity contribution in [2.24, 2.45) is 7.05 Å². The summed E-state index contributed by atoms with van der Waals surface area (Å²) in [5.41, 5.74) is 5.41. The van der Waals surface area contributed by atoms with Crippen molar-refractivity contribution < 1.29 is 24.2 Å². The molecule has 0 atom stereocenters. The number of hydrogen-bond donors (Lipinski definition) is 2. The Labute approximate surface area is 203 Å². The van der Waals surface area contributed by atoms with Gasteiger partial charge < -0.3 is 20.1 Å². The van der Waals surface area contributed by atoms with Crippen LogP contribution in [0, 0.1) is 0 Å². The van der Waals surface area contributed by atoms with Gasteiger partial charge in [-0.05, 0) is 35.2 Å². The quantitative estimate of drug-likeness (QED) is 0.489. The number of carbonyl (C=O) groups is 3. The van der Waals surface area contributed by atoms with Gasteiger partial charge in [-0.3, -0.25) is 14.3 Å². The largest absolute Gasteiger partial charge is 0.481 e. The summed E-state index contributed by atoms with van der Waals surface area (Å²) in [6, 6.07) is 17.8. The van der Waals surface area contributed by atoms with Crippen molar-refractivity contribution >= 4 is 18.0 Å². The summed E-state index contributed by atoms with van der Waals surface area (Å²) in [6.45, 7) is 2.59. The third-order valence-electron chi connectivity index (χ3n) is 6.17. The molecule has 4 rings (SSSR count). The highest BCUT2D eigenvalue weighted by molar-refractivity contribution is 5.93. The fraction of sp³-hybridized carbons (Fsp3) is 0.308. The minimum Gasteiger partial charge on any atom is -0.481 e. The molecule has 2 amide bonds. The number of hydrogen-bond acceptors (Lipinski definition) is 5. The van der Waals surface area contributed by atoms with Crippen molar-refractivity contribution in [2.45, 2.75) is 25.8 Å². The maximum atomic E-state index is 12.8. The zero-order valence-electron chi connectivity index (χ0n) is 19.7. The van der Waals surface area contributed by atoms with Gasteiger partial charge in [0.15, 0.2) is 0 Å². The molecule has 0 saturated heterocycles. The molecule has 35 heavy (non-hydrogen) atoms. The zero-order valence-corrected chi connectivity index (χ0v) is 19.7. The molecule has 0 radical (unpaired) electrons. The Morgan fingerprint density at radius 1 is 1.09 bits per heavy atom. The van der Waals surface area contributed by atoms with E-state index in [4.69, 9.17) is 9.84 Å². The predicted molar refractivity (Wildman–Crippen MR) is 129 cm³/mol. The Kier molecular flexibility index (Phi) is 7.14. The van der Waals surface area contributed by atoms with Crippen LogP contribution >= 0.6 is 0 Å². The van der Waals surface area contributed by atoms with E-state index < -0.39 is 12.1 Å². The zero-order chi connectivity index (χ0) is 24.9. The summed E-state index contributed by atoms with van der Waals surface area (Å²) in [4.78, 5) is 37.5. The number of carboxylic acids is 1. The minimum absolute atomic E-state index is 0.0296. The average molecular weight is 477 g/mol. The van der Waals surface area contributed by atoms with Crippen molar-refractivity contribution in [1.82, 2.24) is 20.0 Å². The molecule has 182 valence electrons. The second-order valence-corrected chi connectivity index (χ2v) is 8.35. The first-order chi connectivity index (χ1) is 16.9. The predicted octanol–water partition coefficient (Wildman–Crippen LogP) is 3.40. The number of nitrogens with zero attached hydrogens (tertiary/aromatic N) is 3. The molecule has 9 nitrogen and oxygen atoms in total. The normalized spacial score (nSPS) is 12.1. The van der Waals surface area contributed by atoms with Gasteiger partial charge in [-0.2, -0.15) is 5.10 Å². The number of aromatic nitrogens is 2. The van der Waals surface area contributed by atoms with Crippen LogP contribution < -0.4 is 5.32 Å². The molecule has 1 aromatic heterocycles. The fourth-order valence-electron chi connectivity index (χ4n) is 4.42. The van der Waals surface area contributed by atoms with Crippen molar-refractivity contribution in [3.05, 3.63) is 77.1 Å². The summed E-state index contributed by atoms with van der Waals surface area (Å²) < 4.78 is 6.97. The minimum atomic E-state index is -0.964. The van der Waals surface area contributed by atoms with E-state index in [1.165, 1.54) is 9.58 Å². The van der Waals surface area contributed by atoms with Crippen LogP contribution in [0.2, 0.25) is 0 Å². The first kappa shape index (κ1) is 24.0. The molecule has 0 spiro atoms. The van der Waals surface area contributed by atoms with Crippen LogP contribution in [0.1, 0.15) is 46.6 Å². The Bertz CT molecular complexity index is 1210. The van der Waals surface area contributed by atoms with Crippen LogP contribution in [0.3, 0.4) is 0 Å². The third kappa shape index (κ3) is 5.18. The van der Waals surface area contributed by atoms with Crippen molar-refractivity contribution in [2.75, 3.05) is 19.7 Å². The Morgan fingerprint density at radius 2 is 1.71 bits per heavy atom. The molecular weight excluding hydrogens is 448 g/mol. The summed E-state index contributed by atoms with van der Waals surface area (Å²) in [6.07, 6.45) is -0.699. The topological polar surface area (TPSA) is 114 Å². The van der Waals surface area contributed by atoms with Gasteiger partial charge in [0.2, 0.25) is 0 Å². The van der Waals surface area contributed by atoms with Gasteiger partial charge in [-0.25, -0.2) is 4.79 Å². The van der Waals surface area contributed by atoms with E-state index in [0.717, 1.165) is 22.3 Å². The number of rotatable bonds is 9. The second kappa shape index (κ2) is 10.4. The van der Waals surface area contributed by atoms with Crippen molar-refractivity contribution in [3.8, 4) is 11.1 Å². The average Bonchev–Trinajstić information content (AvgIpc) is 3.39. The molecule has 0 fully saturated rings. The van der Waals surface area contributed by atoms with Gasteiger partial charge in [0.05, 0.1) is 18.7 Å². The molecule has 2 N–H and O–H groups in total. The number of fused-ring (bicyclic) bond motifs is 3. The van der Waals surface area contributed by atoms with Crippen LogP contribution in [0.5, 0.6) is 0 Å². The molecule has 0 aliphatic heterocycles. The first-order valence-corrected chi connectivity index (χ1v) is 11.5. The van der Waals surface area contributed by atoms with Gasteiger partial charge >= 0.3 is 12.1 Å². The van der Waals surface area contributed by atoms with Gasteiger partial charge in [-0.15, -0.1) is 0 Å². The lowest BCUT2D eigenvalue weighted by molar-refractivity contribution is -0.137. The van der Waals surface area contributed by atoms with E-state index in [9.17, 15) is 14.4 Å². The summed E-state index contributed by atoms with van der Waals surface area (Å²) in [7, 11) is 1.63. The van der Waals surface area contributed by atoms with Crippen LogP contribution in [0.4, 0.5) is 4.79 Å². The van der Waals surface area contributed by atoms with Crippen LogP contribution in [0.15, 0.2) is 54.6 Å². The Hall–Kier alpha value is -4.14. The smallest absolute Gasteiger partial charge is 0.407 e. The summed E-state index contributed by atoms with van der Waals surface area (Å²) >= 11 is 0. The van der Waals surface area contributed by atoms with E-state index in [-0.39, 0.29) is 37.9 Å². The third-order valence-corrected chi connectivity index (χ3v) is 6.17. The number of nitrogens with one attached hydrogen (secondary N) is 1. The molecule has 0 saturated carbocycles. The standard InChI is InChI=1S/C26H28N4O5/c1-3-30(13-12-24(31)32)25(33)23-14-17(28-29(23)2)15-27-26(34)35-16-22-20-10-6-4-8-18(20)19-9-5-7-11-21(19)22/h4-11,14,22H,3,12-13,15-16H2,1-2H3,(H,27,34)(H,31,32). The van der Waals surface area contributed by atoms with Gasteiger partial charge in [0.25, 0.3) is 5.91 Å². The second-order valence-electron chi connectivity index (χ2n) is 8.35. The van der Waals surface area contributed by atoms with Gasteiger partial charge in [0.1, 0.15) is 12.3 Å². The number of carboxylic acid groups (broad SMARTS) is 1.